The molecule has 3 aliphatic heterocycles. The maximum Gasteiger partial charge on any atom is 0.303 e. The summed E-state index contributed by atoms with van der Waals surface area (Å²) in [5.74, 6) is -2.38. The highest BCUT2D eigenvalue weighted by molar-refractivity contribution is 6.21. The molecule has 3 amide bonds. The van der Waals surface area contributed by atoms with E-state index in [0.29, 0.717) is 0 Å². The first-order chi connectivity index (χ1) is 36.2. The van der Waals surface area contributed by atoms with Crippen LogP contribution in [-0.2, 0) is 85.3 Å². The molecular formula is C59H60N2O13. The van der Waals surface area contributed by atoms with Gasteiger partial charge in [0.05, 0.1) is 57.4 Å². The Bertz CT molecular complexity index is 2720. The number of amides is 3. The molecule has 0 bridgehead atoms. The van der Waals surface area contributed by atoms with Gasteiger partial charge in [-0.15, -0.1) is 0 Å². The van der Waals surface area contributed by atoms with E-state index in [1.165, 1.54) is 13.8 Å². The molecule has 15 nitrogen and oxygen atoms in total. The fraction of sp³-hybridized carbons (Fsp3) is 0.322. The zero-order valence-corrected chi connectivity index (χ0v) is 41.2. The molecule has 15 heteroatoms. The first-order valence-electron chi connectivity index (χ1n) is 24.8. The molecule has 0 aromatic heterocycles. The quantitative estimate of drug-likeness (QED) is 0.0519. The lowest BCUT2D eigenvalue weighted by molar-refractivity contribution is -0.346. The minimum atomic E-state index is -1.55. The Morgan fingerprint density at radius 1 is 0.473 bits per heavy atom. The molecule has 0 spiro atoms. The summed E-state index contributed by atoms with van der Waals surface area (Å²) in [6.45, 7) is 2.97. The SMILES string of the molecule is CC(=O)N[C@H]1[C@H](OCc2ccccc2)O[C@H](COCc2ccccc2)[C@@H](O[C@@H]2O[C@H](COCc3ccccc3)[C@@H](OCc3ccccc3)[C@H](OCc3ccccc3)[C@H]2N2C(=O)c3ccccc3C2=O)[C@@H]1OC(C)=O. The summed E-state index contributed by atoms with van der Waals surface area (Å²) in [4.78, 5) is 57.5. The molecular weight excluding hydrogens is 945 g/mol. The van der Waals surface area contributed by atoms with E-state index in [2.05, 4.69) is 5.32 Å². The van der Waals surface area contributed by atoms with Crippen LogP contribution in [-0.4, -0.2) is 103 Å². The molecule has 0 aliphatic carbocycles. The molecule has 6 aromatic rings. The zero-order valence-electron chi connectivity index (χ0n) is 41.2. The molecule has 2 fully saturated rings. The Hall–Kier alpha value is -6.92. The average molecular weight is 1010 g/mol. The van der Waals surface area contributed by atoms with Crippen LogP contribution >= 0.6 is 0 Å². The number of imide groups is 1. The first kappa shape index (κ1) is 52.0. The van der Waals surface area contributed by atoms with Crippen LogP contribution in [0.5, 0.6) is 0 Å². The van der Waals surface area contributed by atoms with E-state index in [9.17, 15) is 19.2 Å². The number of fused-ring (bicyclic) bond motifs is 1. The molecule has 0 unspecified atom stereocenters. The van der Waals surface area contributed by atoms with Crippen molar-refractivity contribution >= 4 is 23.7 Å². The van der Waals surface area contributed by atoms with Crippen LogP contribution in [0.2, 0.25) is 0 Å². The highest BCUT2D eigenvalue weighted by Gasteiger charge is 2.58. The molecule has 6 aromatic carbocycles. The van der Waals surface area contributed by atoms with Crippen molar-refractivity contribution in [2.45, 2.75) is 108 Å². The van der Waals surface area contributed by atoms with Gasteiger partial charge in [-0.1, -0.05) is 164 Å². The largest absolute Gasteiger partial charge is 0.457 e. The van der Waals surface area contributed by atoms with Crippen molar-refractivity contribution in [1.82, 2.24) is 10.2 Å². The summed E-state index contributed by atoms with van der Waals surface area (Å²) in [5, 5.41) is 2.91. The number of esters is 1. The summed E-state index contributed by atoms with van der Waals surface area (Å²) >= 11 is 0. The maximum absolute atomic E-state index is 14.9. The number of hydrogen-bond donors (Lipinski definition) is 1. The van der Waals surface area contributed by atoms with Crippen molar-refractivity contribution in [2.75, 3.05) is 13.2 Å². The highest BCUT2D eigenvalue weighted by atomic mass is 16.7. The van der Waals surface area contributed by atoms with E-state index in [0.717, 1.165) is 32.7 Å². The number of carbonyl (C=O) groups is 4. The van der Waals surface area contributed by atoms with Crippen LogP contribution in [0.4, 0.5) is 0 Å². The second-order valence-corrected chi connectivity index (χ2v) is 18.3. The lowest BCUT2D eigenvalue weighted by Crippen LogP contribution is -2.70. The minimum absolute atomic E-state index is 0.0320. The Morgan fingerprint density at radius 3 is 1.31 bits per heavy atom. The maximum atomic E-state index is 14.9. The molecule has 0 saturated carbocycles. The topological polar surface area (TPSA) is 167 Å². The van der Waals surface area contributed by atoms with Gasteiger partial charge in [-0.25, -0.2) is 0 Å². The van der Waals surface area contributed by atoms with Crippen LogP contribution in [0, 0.1) is 0 Å². The molecule has 9 rings (SSSR count). The van der Waals surface area contributed by atoms with E-state index in [-0.39, 0.29) is 57.4 Å². The molecule has 10 atom stereocenters. The zero-order chi connectivity index (χ0) is 51.2. The van der Waals surface area contributed by atoms with Crippen LogP contribution in [0.25, 0.3) is 0 Å². The smallest absolute Gasteiger partial charge is 0.303 e. The third kappa shape index (κ3) is 13.1. The molecule has 2 saturated heterocycles. The van der Waals surface area contributed by atoms with E-state index >= 15 is 0 Å². The van der Waals surface area contributed by atoms with Gasteiger partial charge >= 0.3 is 5.97 Å². The van der Waals surface area contributed by atoms with Crippen molar-refractivity contribution < 1.29 is 61.8 Å². The molecule has 3 heterocycles. The van der Waals surface area contributed by atoms with E-state index in [4.69, 9.17) is 42.6 Å². The Kier molecular flexibility index (Phi) is 17.8. The number of nitrogens with one attached hydrogen (secondary N) is 1. The van der Waals surface area contributed by atoms with Crippen LogP contribution in [0.3, 0.4) is 0 Å². The number of ether oxygens (including phenoxy) is 9. The summed E-state index contributed by atoms with van der Waals surface area (Å²) in [7, 11) is 0. The average Bonchev–Trinajstić information content (AvgIpc) is 3.68. The summed E-state index contributed by atoms with van der Waals surface area (Å²) < 4.78 is 60.4. The lowest BCUT2D eigenvalue weighted by Gasteiger charge is -2.51. The van der Waals surface area contributed by atoms with Gasteiger partial charge in [0.15, 0.2) is 18.7 Å². The number of carbonyl (C=O) groups excluding carboxylic acids is 4. The number of benzene rings is 6. The normalized spacial score (nSPS) is 24.5. The molecule has 1 N–H and O–H groups in total. The molecule has 74 heavy (non-hydrogen) atoms. The molecule has 3 aliphatic rings. The minimum Gasteiger partial charge on any atom is -0.457 e. The summed E-state index contributed by atoms with van der Waals surface area (Å²) in [6.07, 6.45) is -9.63. The molecule has 384 valence electrons. The second kappa shape index (κ2) is 25.3. The molecule has 0 radical (unpaired) electrons. The van der Waals surface area contributed by atoms with Gasteiger partial charge < -0.3 is 47.9 Å². The van der Waals surface area contributed by atoms with Gasteiger partial charge in [-0.3, -0.25) is 24.1 Å². The Morgan fingerprint density at radius 2 is 0.865 bits per heavy atom. The standard InChI is InChI=1S/C59H60N2O13/c1-39(62)60-50-54(71-40(2)63)53(49(38-67-33-42-22-10-4-11-23-42)72-58(50)70-36-45-28-16-7-17-29-45)74-59-51(61-56(64)46-30-18-19-31-47(46)57(61)65)55(69-35-44-26-14-6-15-27-44)52(68-34-43-24-12-5-13-25-43)48(73-59)37-66-32-41-20-8-3-9-21-41/h3-31,48-55,58-59H,32-38H2,1-2H3,(H,60,62)/t48-,49-,50-,51-,52-,53-,54-,55-,58-,59+/m1/s1. The van der Waals surface area contributed by atoms with E-state index in [1.54, 1.807) is 24.3 Å². The van der Waals surface area contributed by atoms with Crippen LogP contribution in [0.1, 0.15) is 62.4 Å². The third-order valence-corrected chi connectivity index (χ3v) is 13.0. The number of hydrogen-bond acceptors (Lipinski definition) is 13. The van der Waals surface area contributed by atoms with Gasteiger partial charge in [0, 0.05) is 13.8 Å². The lowest BCUT2D eigenvalue weighted by atomic mass is 9.93. The van der Waals surface area contributed by atoms with Crippen molar-refractivity contribution in [3.05, 3.63) is 215 Å². The van der Waals surface area contributed by atoms with Crippen molar-refractivity contribution in [3.8, 4) is 0 Å². The summed E-state index contributed by atoms with van der Waals surface area (Å²) in [5.41, 5.74) is 4.64. The highest BCUT2D eigenvalue weighted by Crippen LogP contribution is 2.39. The van der Waals surface area contributed by atoms with Gasteiger partial charge in [-0.05, 0) is 39.9 Å². The van der Waals surface area contributed by atoms with Gasteiger partial charge in [0.2, 0.25) is 5.91 Å². The Labute approximate surface area is 430 Å². The summed E-state index contributed by atoms with van der Waals surface area (Å²) in [6, 6.07) is 51.7. The third-order valence-electron chi connectivity index (χ3n) is 13.0. The van der Waals surface area contributed by atoms with Crippen molar-refractivity contribution in [2.24, 2.45) is 0 Å². The van der Waals surface area contributed by atoms with Crippen molar-refractivity contribution in [1.29, 1.82) is 0 Å². The fourth-order valence-corrected chi connectivity index (χ4v) is 9.52. The van der Waals surface area contributed by atoms with Gasteiger partial charge in [0.1, 0.15) is 42.6 Å². The van der Waals surface area contributed by atoms with Crippen molar-refractivity contribution in [3.63, 3.8) is 0 Å². The first-order valence-corrected chi connectivity index (χ1v) is 24.8. The Balaban J connectivity index is 1.15. The fourth-order valence-electron chi connectivity index (χ4n) is 9.52. The predicted octanol–water partition coefficient (Wildman–Crippen LogP) is 7.74. The second-order valence-electron chi connectivity index (χ2n) is 18.3. The number of nitrogens with zero attached hydrogens (tertiary/aromatic N) is 1. The van der Waals surface area contributed by atoms with E-state index in [1.807, 2.05) is 152 Å². The monoisotopic (exact) mass is 1000 g/mol. The van der Waals surface area contributed by atoms with Gasteiger partial charge in [0.25, 0.3) is 11.8 Å². The predicted molar refractivity (Wildman–Crippen MR) is 270 cm³/mol. The number of rotatable bonds is 22. The van der Waals surface area contributed by atoms with Crippen LogP contribution < -0.4 is 5.32 Å². The van der Waals surface area contributed by atoms with Crippen LogP contribution in [0.15, 0.2) is 176 Å². The van der Waals surface area contributed by atoms with E-state index < -0.39 is 85.0 Å². The van der Waals surface area contributed by atoms with Gasteiger partial charge in [-0.2, -0.15) is 0 Å².